The SMILES string of the molecule is CCCC(CNC(=O)c1ccnnc1)C(=O)O. The molecule has 0 bridgehead atoms. The van der Waals surface area contributed by atoms with Crippen molar-refractivity contribution in [3.63, 3.8) is 0 Å². The van der Waals surface area contributed by atoms with Gasteiger partial charge in [0.05, 0.1) is 23.9 Å². The molecule has 0 spiro atoms. The lowest BCUT2D eigenvalue weighted by Crippen LogP contribution is -2.33. The number of carbonyl (C=O) groups excluding carboxylic acids is 1. The predicted molar refractivity (Wildman–Crippen MR) is 60.4 cm³/mol. The molecule has 1 heterocycles. The van der Waals surface area contributed by atoms with E-state index in [2.05, 4.69) is 15.5 Å². The standard InChI is InChI=1S/C11H15N3O3/c1-2-3-9(11(16)17)6-12-10(15)8-4-5-13-14-7-8/h4-5,7,9H,2-3,6H2,1H3,(H,12,15)(H,16,17). The Bertz CT molecular complexity index is 381. The molecule has 0 aromatic carbocycles. The van der Waals surface area contributed by atoms with Crippen LogP contribution in [0.5, 0.6) is 0 Å². The van der Waals surface area contributed by atoms with Gasteiger partial charge >= 0.3 is 5.97 Å². The van der Waals surface area contributed by atoms with E-state index >= 15 is 0 Å². The van der Waals surface area contributed by atoms with E-state index in [1.165, 1.54) is 18.5 Å². The van der Waals surface area contributed by atoms with E-state index in [9.17, 15) is 9.59 Å². The summed E-state index contributed by atoms with van der Waals surface area (Å²) in [5.41, 5.74) is 0.376. The highest BCUT2D eigenvalue weighted by molar-refractivity contribution is 5.93. The van der Waals surface area contributed by atoms with Gasteiger partial charge in [0, 0.05) is 6.54 Å². The first-order valence-electron chi connectivity index (χ1n) is 5.42. The average molecular weight is 237 g/mol. The zero-order chi connectivity index (χ0) is 12.7. The van der Waals surface area contributed by atoms with Gasteiger partial charge in [0.1, 0.15) is 0 Å². The maximum atomic E-state index is 11.6. The van der Waals surface area contributed by atoms with Gasteiger partial charge in [-0.3, -0.25) is 9.59 Å². The summed E-state index contributed by atoms with van der Waals surface area (Å²) in [6.07, 6.45) is 4.06. The summed E-state index contributed by atoms with van der Waals surface area (Å²) in [7, 11) is 0. The van der Waals surface area contributed by atoms with E-state index in [0.717, 1.165) is 6.42 Å². The van der Waals surface area contributed by atoms with Crippen LogP contribution in [-0.2, 0) is 4.79 Å². The molecule has 0 saturated carbocycles. The van der Waals surface area contributed by atoms with Crippen molar-refractivity contribution < 1.29 is 14.7 Å². The zero-order valence-electron chi connectivity index (χ0n) is 9.59. The molecule has 6 nitrogen and oxygen atoms in total. The molecular formula is C11H15N3O3. The van der Waals surface area contributed by atoms with Crippen molar-refractivity contribution in [3.8, 4) is 0 Å². The van der Waals surface area contributed by atoms with Gasteiger partial charge in [0.25, 0.3) is 5.91 Å². The number of aromatic nitrogens is 2. The number of nitrogens with one attached hydrogen (secondary N) is 1. The minimum absolute atomic E-state index is 0.129. The van der Waals surface area contributed by atoms with E-state index in [4.69, 9.17) is 5.11 Å². The summed E-state index contributed by atoms with van der Waals surface area (Å²) >= 11 is 0. The Balaban J connectivity index is 2.49. The van der Waals surface area contributed by atoms with Gasteiger partial charge in [0.2, 0.25) is 0 Å². The first-order chi connectivity index (χ1) is 8.15. The van der Waals surface area contributed by atoms with Crippen molar-refractivity contribution in [2.45, 2.75) is 19.8 Å². The minimum atomic E-state index is -0.889. The Labute approximate surface area is 99.1 Å². The maximum absolute atomic E-state index is 11.6. The number of carboxylic acids is 1. The number of carboxylic acid groups (broad SMARTS) is 1. The largest absolute Gasteiger partial charge is 0.481 e. The van der Waals surface area contributed by atoms with Crippen LogP contribution in [0.15, 0.2) is 18.5 Å². The Morgan fingerprint density at radius 1 is 1.47 bits per heavy atom. The quantitative estimate of drug-likeness (QED) is 0.760. The molecule has 1 aromatic rings. The zero-order valence-corrected chi connectivity index (χ0v) is 9.59. The van der Waals surface area contributed by atoms with Crippen molar-refractivity contribution in [2.75, 3.05) is 6.54 Å². The normalized spacial score (nSPS) is 11.8. The highest BCUT2D eigenvalue weighted by atomic mass is 16.4. The summed E-state index contributed by atoms with van der Waals surface area (Å²) < 4.78 is 0. The molecule has 2 N–H and O–H groups in total. The molecule has 0 aliphatic carbocycles. The van der Waals surface area contributed by atoms with Crippen LogP contribution in [0.3, 0.4) is 0 Å². The van der Waals surface area contributed by atoms with Crippen molar-refractivity contribution in [3.05, 3.63) is 24.0 Å². The van der Waals surface area contributed by atoms with Gasteiger partial charge in [-0.15, -0.1) is 0 Å². The molecular weight excluding hydrogens is 222 g/mol. The summed E-state index contributed by atoms with van der Waals surface area (Å²) in [4.78, 5) is 22.5. The molecule has 0 radical (unpaired) electrons. The van der Waals surface area contributed by atoms with Crippen LogP contribution in [0.4, 0.5) is 0 Å². The first-order valence-corrected chi connectivity index (χ1v) is 5.42. The molecule has 1 amide bonds. The van der Waals surface area contributed by atoms with E-state index in [0.29, 0.717) is 12.0 Å². The fraction of sp³-hybridized carbons (Fsp3) is 0.455. The average Bonchev–Trinajstić information content (AvgIpc) is 2.34. The summed E-state index contributed by atoms with van der Waals surface area (Å²) in [5.74, 6) is -1.76. The first kappa shape index (κ1) is 13.1. The molecule has 17 heavy (non-hydrogen) atoms. The Morgan fingerprint density at radius 2 is 2.24 bits per heavy atom. The fourth-order valence-corrected chi connectivity index (χ4v) is 1.40. The van der Waals surface area contributed by atoms with Crippen molar-refractivity contribution in [1.29, 1.82) is 0 Å². The molecule has 1 atom stereocenters. The lowest BCUT2D eigenvalue weighted by atomic mass is 10.0. The van der Waals surface area contributed by atoms with Gasteiger partial charge in [-0.1, -0.05) is 13.3 Å². The number of hydrogen-bond donors (Lipinski definition) is 2. The van der Waals surface area contributed by atoms with Gasteiger partial charge in [-0.05, 0) is 12.5 Å². The third kappa shape index (κ3) is 4.18. The maximum Gasteiger partial charge on any atom is 0.308 e. The Kier molecular flexibility index (Phi) is 5.06. The lowest BCUT2D eigenvalue weighted by Gasteiger charge is -2.11. The highest BCUT2D eigenvalue weighted by Crippen LogP contribution is 2.05. The van der Waals surface area contributed by atoms with Crippen molar-refractivity contribution in [1.82, 2.24) is 15.5 Å². The van der Waals surface area contributed by atoms with Gasteiger partial charge in [0.15, 0.2) is 0 Å². The van der Waals surface area contributed by atoms with Gasteiger partial charge in [-0.2, -0.15) is 10.2 Å². The summed E-state index contributed by atoms with van der Waals surface area (Å²) in [6, 6.07) is 1.53. The van der Waals surface area contributed by atoms with Crippen molar-refractivity contribution >= 4 is 11.9 Å². The van der Waals surface area contributed by atoms with Gasteiger partial charge in [-0.25, -0.2) is 0 Å². The number of rotatable bonds is 6. The molecule has 1 rings (SSSR count). The second-order valence-corrected chi connectivity index (χ2v) is 3.66. The molecule has 0 aliphatic heterocycles. The Hall–Kier alpha value is -1.98. The molecule has 1 unspecified atom stereocenters. The van der Waals surface area contributed by atoms with Crippen LogP contribution in [0.1, 0.15) is 30.1 Å². The van der Waals surface area contributed by atoms with Crippen LogP contribution in [0, 0.1) is 5.92 Å². The number of aliphatic carboxylic acids is 1. The third-order valence-electron chi connectivity index (χ3n) is 2.34. The van der Waals surface area contributed by atoms with Crippen LogP contribution >= 0.6 is 0 Å². The second-order valence-electron chi connectivity index (χ2n) is 3.66. The monoisotopic (exact) mass is 237 g/mol. The van der Waals surface area contributed by atoms with E-state index in [-0.39, 0.29) is 12.5 Å². The van der Waals surface area contributed by atoms with Crippen LogP contribution in [0.25, 0.3) is 0 Å². The van der Waals surface area contributed by atoms with Crippen LogP contribution in [-0.4, -0.2) is 33.7 Å². The predicted octanol–water partition coefficient (Wildman–Crippen LogP) is 0.707. The summed E-state index contributed by atoms with van der Waals surface area (Å²) in [5, 5.41) is 18.6. The smallest absolute Gasteiger partial charge is 0.308 e. The Morgan fingerprint density at radius 3 is 2.76 bits per heavy atom. The highest BCUT2D eigenvalue weighted by Gasteiger charge is 2.17. The molecule has 6 heteroatoms. The van der Waals surface area contributed by atoms with E-state index in [1.54, 1.807) is 0 Å². The van der Waals surface area contributed by atoms with Crippen LogP contribution < -0.4 is 5.32 Å². The topological polar surface area (TPSA) is 92.2 Å². The minimum Gasteiger partial charge on any atom is -0.481 e. The third-order valence-corrected chi connectivity index (χ3v) is 2.34. The van der Waals surface area contributed by atoms with Gasteiger partial charge < -0.3 is 10.4 Å². The molecule has 1 aromatic heterocycles. The van der Waals surface area contributed by atoms with Crippen LogP contribution in [0.2, 0.25) is 0 Å². The second kappa shape index (κ2) is 6.57. The fourth-order valence-electron chi connectivity index (χ4n) is 1.40. The summed E-state index contributed by atoms with van der Waals surface area (Å²) in [6.45, 7) is 2.04. The molecule has 0 aliphatic rings. The molecule has 92 valence electrons. The van der Waals surface area contributed by atoms with E-state index < -0.39 is 11.9 Å². The number of hydrogen-bond acceptors (Lipinski definition) is 4. The molecule has 0 fully saturated rings. The number of amides is 1. The molecule has 0 saturated heterocycles. The lowest BCUT2D eigenvalue weighted by molar-refractivity contribution is -0.141. The number of nitrogens with zero attached hydrogens (tertiary/aromatic N) is 2. The van der Waals surface area contributed by atoms with E-state index in [1.807, 2.05) is 6.92 Å². The van der Waals surface area contributed by atoms with Crippen molar-refractivity contribution in [2.24, 2.45) is 5.92 Å². The number of carbonyl (C=O) groups is 2.